The SMILES string of the molecule is CSc1ncc(CN2CCCC(CCC(=O)Nc3ccccc3F)C2)cn1. The number of carbonyl (C=O) groups is 1. The van der Waals surface area contributed by atoms with Crippen molar-refractivity contribution in [2.24, 2.45) is 5.92 Å². The monoisotopic (exact) mass is 388 g/mol. The van der Waals surface area contributed by atoms with E-state index in [2.05, 4.69) is 20.2 Å². The largest absolute Gasteiger partial charge is 0.324 e. The van der Waals surface area contributed by atoms with Gasteiger partial charge < -0.3 is 5.32 Å². The molecule has 1 saturated heterocycles. The molecule has 1 aromatic carbocycles. The van der Waals surface area contributed by atoms with Gasteiger partial charge in [0.15, 0.2) is 5.16 Å². The minimum atomic E-state index is -0.399. The Labute approximate surface area is 163 Å². The molecule has 27 heavy (non-hydrogen) atoms. The Morgan fingerprint density at radius 2 is 2.11 bits per heavy atom. The fraction of sp³-hybridized carbons (Fsp3) is 0.450. The topological polar surface area (TPSA) is 58.1 Å². The van der Waals surface area contributed by atoms with Crippen LogP contribution in [0, 0.1) is 11.7 Å². The minimum Gasteiger partial charge on any atom is -0.324 e. The van der Waals surface area contributed by atoms with Crippen molar-refractivity contribution in [3.05, 3.63) is 48.0 Å². The fourth-order valence-corrected chi connectivity index (χ4v) is 3.75. The first-order chi connectivity index (χ1) is 13.1. The second-order valence-corrected chi connectivity index (χ2v) is 7.66. The number of benzene rings is 1. The zero-order chi connectivity index (χ0) is 19.1. The number of nitrogens with one attached hydrogen (secondary N) is 1. The summed E-state index contributed by atoms with van der Waals surface area (Å²) < 4.78 is 13.6. The third kappa shape index (κ3) is 6.01. The van der Waals surface area contributed by atoms with E-state index >= 15 is 0 Å². The summed E-state index contributed by atoms with van der Waals surface area (Å²) in [6.07, 6.45) is 9.24. The molecule has 1 aliphatic heterocycles. The van der Waals surface area contributed by atoms with Crippen LogP contribution in [0.25, 0.3) is 0 Å². The van der Waals surface area contributed by atoms with E-state index in [0.717, 1.165) is 49.6 Å². The number of thioether (sulfide) groups is 1. The number of piperidine rings is 1. The molecule has 1 fully saturated rings. The van der Waals surface area contributed by atoms with E-state index in [1.807, 2.05) is 18.6 Å². The zero-order valence-corrected chi connectivity index (χ0v) is 16.3. The highest BCUT2D eigenvalue weighted by Crippen LogP contribution is 2.23. The van der Waals surface area contributed by atoms with Crippen LogP contribution < -0.4 is 5.32 Å². The van der Waals surface area contributed by atoms with Crippen LogP contribution in [0.2, 0.25) is 0 Å². The van der Waals surface area contributed by atoms with Crippen molar-refractivity contribution >= 4 is 23.4 Å². The van der Waals surface area contributed by atoms with E-state index in [-0.39, 0.29) is 11.6 Å². The minimum absolute atomic E-state index is 0.127. The molecule has 5 nitrogen and oxygen atoms in total. The van der Waals surface area contributed by atoms with E-state index in [0.29, 0.717) is 12.3 Å². The molecule has 144 valence electrons. The van der Waals surface area contributed by atoms with Crippen LogP contribution in [-0.4, -0.2) is 40.1 Å². The van der Waals surface area contributed by atoms with Crippen molar-refractivity contribution in [1.82, 2.24) is 14.9 Å². The molecule has 1 aliphatic rings. The van der Waals surface area contributed by atoms with Gasteiger partial charge in [-0.15, -0.1) is 0 Å². The lowest BCUT2D eigenvalue weighted by atomic mass is 9.93. The van der Waals surface area contributed by atoms with Crippen LogP contribution in [0.3, 0.4) is 0 Å². The summed E-state index contributed by atoms with van der Waals surface area (Å²) in [6, 6.07) is 6.26. The van der Waals surface area contributed by atoms with Gasteiger partial charge in [-0.05, 0) is 50.1 Å². The van der Waals surface area contributed by atoms with Gasteiger partial charge >= 0.3 is 0 Å². The van der Waals surface area contributed by atoms with Crippen molar-refractivity contribution in [2.75, 3.05) is 24.7 Å². The molecule has 0 radical (unpaired) electrons. The molecule has 0 saturated carbocycles. The molecule has 1 amide bonds. The van der Waals surface area contributed by atoms with Crippen LogP contribution in [0.1, 0.15) is 31.2 Å². The van der Waals surface area contributed by atoms with Crippen molar-refractivity contribution in [3.63, 3.8) is 0 Å². The quantitative estimate of drug-likeness (QED) is 0.575. The van der Waals surface area contributed by atoms with Crippen LogP contribution in [0.4, 0.5) is 10.1 Å². The second kappa shape index (κ2) is 9.80. The van der Waals surface area contributed by atoms with E-state index in [1.165, 1.54) is 17.8 Å². The van der Waals surface area contributed by atoms with Gasteiger partial charge in [0.25, 0.3) is 0 Å². The summed E-state index contributed by atoms with van der Waals surface area (Å²) in [5.41, 5.74) is 1.37. The fourth-order valence-electron chi connectivity index (χ4n) is 3.43. The molecule has 1 N–H and O–H groups in total. The van der Waals surface area contributed by atoms with E-state index < -0.39 is 5.82 Å². The molecule has 3 rings (SSSR count). The van der Waals surface area contributed by atoms with Crippen LogP contribution in [0.15, 0.2) is 41.8 Å². The number of para-hydroxylation sites is 1. The molecule has 1 atom stereocenters. The first-order valence-corrected chi connectivity index (χ1v) is 10.5. The summed E-state index contributed by atoms with van der Waals surface area (Å²) >= 11 is 1.54. The number of aromatic nitrogens is 2. The number of likely N-dealkylation sites (tertiary alicyclic amines) is 1. The first-order valence-electron chi connectivity index (χ1n) is 9.25. The Balaban J connectivity index is 1.45. The molecule has 0 bridgehead atoms. The van der Waals surface area contributed by atoms with Gasteiger partial charge in [0, 0.05) is 37.5 Å². The third-order valence-electron chi connectivity index (χ3n) is 4.80. The number of carbonyl (C=O) groups excluding carboxylic acids is 1. The summed E-state index contributed by atoms with van der Waals surface area (Å²) in [5.74, 6) is -0.0424. The zero-order valence-electron chi connectivity index (χ0n) is 15.5. The Kier molecular flexibility index (Phi) is 7.18. The maximum absolute atomic E-state index is 13.6. The molecular formula is C20H25FN4OS. The molecule has 1 aromatic heterocycles. The van der Waals surface area contributed by atoms with Crippen LogP contribution >= 0.6 is 11.8 Å². The van der Waals surface area contributed by atoms with Gasteiger partial charge in [0.2, 0.25) is 5.91 Å². The van der Waals surface area contributed by atoms with Gasteiger partial charge in [-0.2, -0.15) is 0 Å². The second-order valence-electron chi connectivity index (χ2n) is 6.89. The van der Waals surface area contributed by atoms with Crippen LogP contribution in [0.5, 0.6) is 0 Å². The molecule has 1 unspecified atom stereocenters. The van der Waals surface area contributed by atoms with Gasteiger partial charge in [0.05, 0.1) is 5.69 Å². The number of halogens is 1. The van der Waals surface area contributed by atoms with E-state index in [1.54, 1.807) is 18.2 Å². The van der Waals surface area contributed by atoms with Crippen molar-refractivity contribution < 1.29 is 9.18 Å². The molecular weight excluding hydrogens is 363 g/mol. The number of hydrogen-bond acceptors (Lipinski definition) is 5. The molecule has 2 aromatic rings. The Bertz CT molecular complexity index is 756. The van der Waals surface area contributed by atoms with Crippen molar-refractivity contribution in [3.8, 4) is 0 Å². The average Bonchev–Trinajstić information content (AvgIpc) is 2.69. The lowest BCUT2D eigenvalue weighted by Gasteiger charge is -2.32. The number of hydrogen-bond donors (Lipinski definition) is 1. The molecule has 0 aliphatic carbocycles. The highest BCUT2D eigenvalue weighted by atomic mass is 32.2. The van der Waals surface area contributed by atoms with E-state index in [4.69, 9.17) is 0 Å². The van der Waals surface area contributed by atoms with Gasteiger partial charge in [-0.25, -0.2) is 14.4 Å². The lowest BCUT2D eigenvalue weighted by molar-refractivity contribution is -0.116. The number of rotatable bonds is 7. The average molecular weight is 389 g/mol. The Morgan fingerprint density at radius 1 is 1.33 bits per heavy atom. The van der Waals surface area contributed by atoms with Gasteiger partial charge in [-0.1, -0.05) is 23.9 Å². The maximum atomic E-state index is 13.6. The Morgan fingerprint density at radius 3 is 2.85 bits per heavy atom. The smallest absolute Gasteiger partial charge is 0.224 e. The summed E-state index contributed by atoms with van der Waals surface area (Å²) in [6.45, 7) is 2.87. The Hall–Kier alpha value is -1.99. The van der Waals surface area contributed by atoms with E-state index in [9.17, 15) is 9.18 Å². The first kappa shape index (κ1) is 19.8. The van der Waals surface area contributed by atoms with Crippen molar-refractivity contribution in [1.29, 1.82) is 0 Å². The lowest BCUT2D eigenvalue weighted by Crippen LogP contribution is -2.35. The number of nitrogens with zero attached hydrogens (tertiary/aromatic N) is 3. The predicted molar refractivity (Wildman–Crippen MR) is 106 cm³/mol. The van der Waals surface area contributed by atoms with Gasteiger partial charge in [-0.3, -0.25) is 9.69 Å². The third-order valence-corrected chi connectivity index (χ3v) is 5.38. The number of anilines is 1. The van der Waals surface area contributed by atoms with Gasteiger partial charge in [0.1, 0.15) is 5.82 Å². The summed E-state index contributed by atoms with van der Waals surface area (Å²) in [5, 5.41) is 3.45. The molecule has 7 heteroatoms. The predicted octanol–water partition coefficient (Wildman–Crippen LogP) is 3.97. The number of amides is 1. The normalized spacial score (nSPS) is 17.6. The summed E-state index contributed by atoms with van der Waals surface area (Å²) in [4.78, 5) is 23.2. The standard InChI is InChI=1S/C20H25FN4OS/c1-27-20-22-11-16(12-23-20)14-25-10-4-5-15(13-25)8-9-19(26)24-18-7-3-2-6-17(18)21/h2-3,6-7,11-12,15H,4-5,8-10,13-14H2,1H3,(H,24,26). The van der Waals surface area contributed by atoms with Crippen LogP contribution in [-0.2, 0) is 11.3 Å². The maximum Gasteiger partial charge on any atom is 0.224 e. The summed E-state index contributed by atoms with van der Waals surface area (Å²) in [7, 11) is 0. The molecule has 2 heterocycles. The highest BCUT2D eigenvalue weighted by molar-refractivity contribution is 7.98. The highest BCUT2D eigenvalue weighted by Gasteiger charge is 2.21. The van der Waals surface area contributed by atoms with Crippen molar-refractivity contribution in [2.45, 2.75) is 37.4 Å². The molecule has 0 spiro atoms.